The molecular formula is C16H28N4. The fourth-order valence-corrected chi connectivity index (χ4v) is 2.19. The van der Waals surface area contributed by atoms with Gasteiger partial charge >= 0.3 is 0 Å². The van der Waals surface area contributed by atoms with Gasteiger partial charge in [0, 0.05) is 38.4 Å². The average molecular weight is 276 g/mol. The highest BCUT2D eigenvalue weighted by Gasteiger charge is 2.19. The zero-order valence-corrected chi connectivity index (χ0v) is 13.1. The van der Waals surface area contributed by atoms with Crippen LogP contribution in [-0.4, -0.2) is 49.7 Å². The van der Waals surface area contributed by atoms with Crippen LogP contribution in [-0.2, 0) is 6.54 Å². The van der Waals surface area contributed by atoms with E-state index in [0.717, 1.165) is 44.5 Å². The van der Waals surface area contributed by atoms with Gasteiger partial charge in [-0.15, -0.1) is 0 Å². The van der Waals surface area contributed by atoms with Crippen molar-refractivity contribution in [2.45, 2.75) is 38.8 Å². The number of hydrogen-bond donors (Lipinski definition) is 1. The molecule has 1 aliphatic rings. The van der Waals surface area contributed by atoms with Crippen molar-refractivity contribution in [2.75, 3.05) is 38.6 Å². The molecule has 1 aliphatic carbocycles. The molecule has 0 spiro atoms. The SMILES string of the molecule is CCCN(CCN(C)C)c1ccc(CNC2CC2)cn1. The van der Waals surface area contributed by atoms with Gasteiger partial charge in [-0.05, 0) is 45.0 Å². The van der Waals surface area contributed by atoms with E-state index in [4.69, 9.17) is 0 Å². The summed E-state index contributed by atoms with van der Waals surface area (Å²) >= 11 is 0. The van der Waals surface area contributed by atoms with Gasteiger partial charge in [0.05, 0.1) is 0 Å². The number of likely N-dealkylation sites (N-methyl/N-ethyl adjacent to an activating group) is 1. The van der Waals surface area contributed by atoms with Crippen molar-refractivity contribution in [2.24, 2.45) is 0 Å². The molecule has 2 rings (SSSR count). The third-order valence-electron chi connectivity index (χ3n) is 3.62. The van der Waals surface area contributed by atoms with Crippen LogP contribution in [0.2, 0.25) is 0 Å². The lowest BCUT2D eigenvalue weighted by molar-refractivity contribution is 0.412. The van der Waals surface area contributed by atoms with Crippen LogP contribution in [0.5, 0.6) is 0 Å². The van der Waals surface area contributed by atoms with Crippen LogP contribution in [0.15, 0.2) is 18.3 Å². The lowest BCUT2D eigenvalue weighted by atomic mass is 10.2. The Kier molecular flexibility index (Phi) is 5.80. The molecule has 4 nitrogen and oxygen atoms in total. The first kappa shape index (κ1) is 15.3. The Balaban J connectivity index is 1.89. The first-order chi connectivity index (χ1) is 9.69. The predicted molar refractivity (Wildman–Crippen MR) is 85.2 cm³/mol. The van der Waals surface area contributed by atoms with Gasteiger partial charge in [-0.3, -0.25) is 0 Å². The molecule has 1 aromatic heterocycles. The van der Waals surface area contributed by atoms with Crippen molar-refractivity contribution < 1.29 is 0 Å². The lowest BCUT2D eigenvalue weighted by Crippen LogP contribution is -2.32. The van der Waals surface area contributed by atoms with E-state index in [2.05, 4.69) is 53.3 Å². The Bertz CT molecular complexity index is 384. The van der Waals surface area contributed by atoms with Crippen LogP contribution in [0.3, 0.4) is 0 Å². The smallest absolute Gasteiger partial charge is 0.128 e. The molecule has 112 valence electrons. The van der Waals surface area contributed by atoms with E-state index in [1.807, 2.05) is 6.20 Å². The highest BCUT2D eigenvalue weighted by Crippen LogP contribution is 2.19. The molecule has 0 amide bonds. The molecule has 0 bridgehead atoms. The molecule has 0 radical (unpaired) electrons. The maximum absolute atomic E-state index is 4.64. The summed E-state index contributed by atoms with van der Waals surface area (Å²) in [5.74, 6) is 1.10. The third-order valence-corrected chi connectivity index (χ3v) is 3.62. The summed E-state index contributed by atoms with van der Waals surface area (Å²) in [6.07, 6.45) is 5.84. The van der Waals surface area contributed by atoms with E-state index in [1.54, 1.807) is 0 Å². The molecule has 0 aromatic carbocycles. The number of hydrogen-bond acceptors (Lipinski definition) is 4. The van der Waals surface area contributed by atoms with Crippen LogP contribution >= 0.6 is 0 Å². The van der Waals surface area contributed by atoms with Gasteiger partial charge in [-0.1, -0.05) is 13.0 Å². The van der Waals surface area contributed by atoms with Gasteiger partial charge in [0.25, 0.3) is 0 Å². The first-order valence-corrected chi connectivity index (χ1v) is 7.77. The molecule has 1 heterocycles. The number of aromatic nitrogens is 1. The van der Waals surface area contributed by atoms with Crippen molar-refractivity contribution in [3.63, 3.8) is 0 Å². The Morgan fingerprint density at radius 1 is 1.20 bits per heavy atom. The summed E-state index contributed by atoms with van der Waals surface area (Å²) in [6.45, 7) is 6.33. The van der Waals surface area contributed by atoms with Gasteiger partial charge in [0.2, 0.25) is 0 Å². The van der Waals surface area contributed by atoms with Crippen LogP contribution in [0.1, 0.15) is 31.7 Å². The Morgan fingerprint density at radius 3 is 2.55 bits per heavy atom. The van der Waals surface area contributed by atoms with Gasteiger partial charge in [0.1, 0.15) is 5.82 Å². The van der Waals surface area contributed by atoms with Gasteiger partial charge in [-0.2, -0.15) is 0 Å². The molecule has 0 atom stereocenters. The number of anilines is 1. The molecule has 0 aliphatic heterocycles. The third kappa shape index (κ3) is 5.10. The molecule has 0 saturated heterocycles. The van der Waals surface area contributed by atoms with Crippen LogP contribution < -0.4 is 10.2 Å². The molecule has 4 heteroatoms. The zero-order valence-electron chi connectivity index (χ0n) is 13.1. The fourth-order valence-electron chi connectivity index (χ4n) is 2.19. The quantitative estimate of drug-likeness (QED) is 0.748. The minimum Gasteiger partial charge on any atom is -0.355 e. The second-order valence-corrected chi connectivity index (χ2v) is 5.97. The Morgan fingerprint density at radius 2 is 2.00 bits per heavy atom. The summed E-state index contributed by atoms with van der Waals surface area (Å²) in [4.78, 5) is 9.23. The lowest BCUT2D eigenvalue weighted by Gasteiger charge is -2.25. The van der Waals surface area contributed by atoms with E-state index >= 15 is 0 Å². The normalized spacial score (nSPS) is 14.8. The highest BCUT2D eigenvalue weighted by atomic mass is 15.2. The Labute approximate surface area is 123 Å². The second kappa shape index (κ2) is 7.60. The minimum absolute atomic E-state index is 0.756. The van der Waals surface area contributed by atoms with E-state index in [9.17, 15) is 0 Å². The fraction of sp³-hybridized carbons (Fsp3) is 0.688. The largest absolute Gasteiger partial charge is 0.355 e. The minimum atomic E-state index is 0.756. The average Bonchev–Trinajstić information content (AvgIpc) is 3.26. The summed E-state index contributed by atoms with van der Waals surface area (Å²) in [6, 6.07) is 5.12. The Hall–Kier alpha value is -1.13. The molecule has 1 aromatic rings. The molecule has 1 fully saturated rings. The van der Waals surface area contributed by atoms with E-state index in [0.29, 0.717) is 0 Å². The van der Waals surface area contributed by atoms with Crippen LogP contribution in [0.25, 0.3) is 0 Å². The van der Waals surface area contributed by atoms with E-state index < -0.39 is 0 Å². The van der Waals surface area contributed by atoms with Gasteiger partial charge < -0.3 is 15.1 Å². The number of nitrogens with zero attached hydrogens (tertiary/aromatic N) is 3. The van der Waals surface area contributed by atoms with E-state index in [1.165, 1.54) is 18.4 Å². The summed E-state index contributed by atoms with van der Waals surface area (Å²) < 4.78 is 0. The molecule has 0 unspecified atom stereocenters. The summed E-state index contributed by atoms with van der Waals surface area (Å²) in [7, 11) is 4.23. The van der Waals surface area contributed by atoms with Crippen molar-refractivity contribution in [3.8, 4) is 0 Å². The van der Waals surface area contributed by atoms with Gasteiger partial charge in [-0.25, -0.2) is 4.98 Å². The topological polar surface area (TPSA) is 31.4 Å². The van der Waals surface area contributed by atoms with Crippen molar-refractivity contribution in [3.05, 3.63) is 23.9 Å². The highest BCUT2D eigenvalue weighted by molar-refractivity contribution is 5.39. The summed E-state index contributed by atoms with van der Waals surface area (Å²) in [5.41, 5.74) is 1.28. The molecule has 1 saturated carbocycles. The number of rotatable bonds is 9. The number of nitrogens with one attached hydrogen (secondary N) is 1. The molecule has 1 N–H and O–H groups in total. The van der Waals surface area contributed by atoms with Crippen molar-refractivity contribution in [1.29, 1.82) is 0 Å². The zero-order chi connectivity index (χ0) is 14.4. The first-order valence-electron chi connectivity index (χ1n) is 7.77. The maximum Gasteiger partial charge on any atom is 0.128 e. The van der Waals surface area contributed by atoms with E-state index in [-0.39, 0.29) is 0 Å². The molecule has 20 heavy (non-hydrogen) atoms. The second-order valence-electron chi connectivity index (χ2n) is 5.97. The molecular weight excluding hydrogens is 248 g/mol. The van der Waals surface area contributed by atoms with Crippen LogP contribution in [0.4, 0.5) is 5.82 Å². The van der Waals surface area contributed by atoms with Crippen molar-refractivity contribution in [1.82, 2.24) is 15.2 Å². The van der Waals surface area contributed by atoms with Crippen LogP contribution in [0, 0.1) is 0 Å². The maximum atomic E-state index is 4.64. The number of pyridine rings is 1. The monoisotopic (exact) mass is 276 g/mol. The summed E-state index contributed by atoms with van der Waals surface area (Å²) in [5, 5.41) is 3.53. The predicted octanol–water partition coefficient (Wildman–Crippen LogP) is 2.11. The standard InChI is InChI=1S/C16H28N4/c1-4-9-20(11-10-19(2)3)16-8-5-14(13-18-16)12-17-15-6-7-15/h5,8,13,15,17H,4,6-7,9-12H2,1-3H3. The van der Waals surface area contributed by atoms with Gasteiger partial charge in [0.15, 0.2) is 0 Å². The van der Waals surface area contributed by atoms with Crippen molar-refractivity contribution >= 4 is 5.82 Å².